The molecule has 6 heteroatoms. The fourth-order valence-corrected chi connectivity index (χ4v) is 2.92. The molecule has 0 radical (unpaired) electrons. The van der Waals surface area contributed by atoms with E-state index < -0.39 is 5.91 Å². The lowest BCUT2D eigenvalue weighted by molar-refractivity contribution is 0.0951. The fraction of sp³-hybridized carbons (Fsp3) is 0.267. The topological polar surface area (TPSA) is 85.1 Å². The zero-order valence-corrected chi connectivity index (χ0v) is 12.8. The monoisotopic (exact) mass is 303 g/mol. The van der Waals surface area contributed by atoms with Gasteiger partial charge < -0.3 is 11.1 Å². The first-order valence-electron chi connectivity index (χ1n) is 6.58. The number of primary amides is 1. The smallest absolute Gasteiger partial charge is 0.251 e. The minimum absolute atomic E-state index is 0.162. The highest BCUT2D eigenvalue weighted by Crippen LogP contribution is 2.17. The largest absolute Gasteiger partial charge is 0.366 e. The number of aryl methyl sites for hydroxylation is 2. The summed E-state index contributed by atoms with van der Waals surface area (Å²) in [5, 5.41) is 3.89. The third-order valence-corrected chi connectivity index (χ3v) is 4.20. The number of nitrogens with one attached hydrogen (secondary N) is 1. The summed E-state index contributed by atoms with van der Waals surface area (Å²) in [6, 6.07) is 6.29. The van der Waals surface area contributed by atoms with E-state index in [4.69, 9.17) is 5.73 Å². The molecule has 2 amide bonds. The highest BCUT2D eigenvalue weighted by atomic mass is 32.1. The number of hydrogen-bond donors (Lipinski definition) is 2. The molecule has 0 aliphatic carbocycles. The van der Waals surface area contributed by atoms with E-state index in [0.717, 1.165) is 17.1 Å². The van der Waals surface area contributed by atoms with Crippen LogP contribution in [0.3, 0.4) is 0 Å². The quantitative estimate of drug-likeness (QED) is 0.883. The van der Waals surface area contributed by atoms with Crippen molar-refractivity contribution in [1.29, 1.82) is 0 Å². The Kier molecular flexibility index (Phi) is 4.70. The van der Waals surface area contributed by atoms with Crippen LogP contribution < -0.4 is 11.1 Å². The van der Waals surface area contributed by atoms with E-state index in [1.54, 1.807) is 35.6 Å². The normalized spacial score (nSPS) is 10.4. The summed E-state index contributed by atoms with van der Waals surface area (Å²) in [5.74, 6) is -0.664. The number of benzene rings is 1. The lowest BCUT2D eigenvalue weighted by Gasteiger charge is -2.05. The van der Waals surface area contributed by atoms with Crippen LogP contribution >= 0.6 is 11.3 Å². The zero-order chi connectivity index (χ0) is 15.4. The van der Waals surface area contributed by atoms with Gasteiger partial charge >= 0.3 is 0 Å². The summed E-state index contributed by atoms with van der Waals surface area (Å²) in [6.45, 7) is 4.50. The molecule has 0 bridgehead atoms. The molecule has 110 valence electrons. The van der Waals surface area contributed by atoms with E-state index in [9.17, 15) is 9.59 Å². The van der Waals surface area contributed by atoms with Crippen molar-refractivity contribution < 1.29 is 9.59 Å². The molecule has 0 saturated heterocycles. The number of nitrogens with two attached hydrogens (primary N) is 1. The number of carbonyl (C=O) groups excluding carboxylic acids is 2. The molecule has 1 aromatic heterocycles. The van der Waals surface area contributed by atoms with Crippen molar-refractivity contribution in [1.82, 2.24) is 10.3 Å². The second-order valence-corrected chi connectivity index (χ2v) is 5.98. The van der Waals surface area contributed by atoms with Gasteiger partial charge in [0.2, 0.25) is 5.91 Å². The predicted octanol–water partition coefficient (Wildman–Crippen LogP) is 1.83. The van der Waals surface area contributed by atoms with Crippen LogP contribution in [-0.2, 0) is 6.42 Å². The molecule has 0 aliphatic rings. The number of rotatable bonds is 5. The number of hydrogen-bond acceptors (Lipinski definition) is 4. The van der Waals surface area contributed by atoms with Crippen molar-refractivity contribution in [3.05, 3.63) is 51.0 Å². The Balaban J connectivity index is 1.89. The number of amides is 2. The van der Waals surface area contributed by atoms with Gasteiger partial charge in [0.25, 0.3) is 5.91 Å². The molecule has 0 spiro atoms. The van der Waals surface area contributed by atoms with Crippen molar-refractivity contribution in [2.24, 2.45) is 5.73 Å². The second kappa shape index (κ2) is 6.49. The van der Waals surface area contributed by atoms with Crippen LogP contribution in [0.4, 0.5) is 0 Å². The number of carbonyl (C=O) groups is 2. The second-order valence-electron chi connectivity index (χ2n) is 4.69. The minimum atomic E-state index is -0.502. The fourth-order valence-electron chi connectivity index (χ4n) is 1.98. The van der Waals surface area contributed by atoms with E-state index >= 15 is 0 Å². The van der Waals surface area contributed by atoms with E-state index in [0.29, 0.717) is 17.7 Å². The summed E-state index contributed by atoms with van der Waals surface area (Å²) < 4.78 is 0. The molecule has 2 rings (SSSR count). The molecule has 0 saturated carbocycles. The predicted molar refractivity (Wildman–Crippen MR) is 82.6 cm³/mol. The molecule has 0 fully saturated rings. The first kappa shape index (κ1) is 15.2. The van der Waals surface area contributed by atoms with Crippen LogP contribution in [0.2, 0.25) is 0 Å². The Labute approximate surface area is 127 Å². The Morgan fingerprint density at radius 2 is 1.81 bits per heavy atom. The van der Waals surface area contributed by atoms with E-state index in [-0.39, 0.29) is 5.91 Å². The lowest BCUT2D eigenvalue weighted by atomic mass is 10.1. The highest BCUT2D eigenvalue weighted by Gasteiger charge is 2.08. The summed E-state index contributed by atoms with van der Waals surface area (Å²) in [7, 11) is 0. The van der Waals surface area contributed by atoms with Gasteiger partial charge in [0, 0.05) is 29.0 Å². The van der Waals surface area contributed by atoms with Crippen LogP contribution in [0.25, 0.3) is 0 Å². The summed E-state index contributed by atoms with van der Waals surface area (Å²) in [5.41, 5.74) is 7.08. The van der Waals surface area contributed by atoms with Crippen LogP contribution in [0, 0.1) is 13.8 Å². The number of aromatic nitrogens is 1. The van der Waals surface area contributed by atoms with E-state index in [1.807, 2.05) is 13.8 Å². The molecule has 2 aromatic rings. The summed E-state index contributed by atoms with van der Waals surface area (Å²) in [4.78, 5) is 28.5. The Morgan fingerprint density at radius 1 is 1.19 bits per heavy atom. The Morgan fingerprint density at radius 3 is 2.33 bits per heavy atom. The van der Waals surface area contributed by atoms with Crippen molar-refractivity contribution in [3.63, 3.8) is 0 Å². The average Bonchev–Trinajstić information content (AvgIpc) is 2.77. The van der Waals surface area contributed by atoms with Gasteiger partial charge in [-0.05, 0) is 38.1 Å². The third kappa shape index (κ3) is 3.88. The van der Waals surface area contributed by atoms with Crippen LogP contribution in [0.1, 0.15) is 36.3 Å². The van der Waals surface area contributed by atoms with Crippen LogP contribution in [-0.4, -0.2) is 23.3 Å². The molecule has 0 unspecified atom stereocenters. The maximum Gasteiger partial charge on any atom is 0.251 e. The molecule has 0 atom stereocenters. The van der Waals surface area contributed by atoms with E-state index in [1.165, 1.54) is 4.88 Å². The molecule has 3 N–H and O–H groups in total. The Hall–Kier alpha value is -2.21. The van der Waals surface area contributed by atoms with E-state index in [2.05, 4.69) is 10.3 Å². The first-order valence-corrected chi connectivity index (χ1v) is 7.40. The maximum absolute atomic E-state index is 12.0. The average molecular weight is 303 g/mol. The molecule has 5 nitrogen and oxygen atoms in total. The number of thiazole rings is 1. The summed E-state index contributed by atoms with van der Waals surface area (Å²) in [6.07, 6.45) is 0.766. The van der Waals surface area contributed by atoms with Gasteiger partial charge in [-0.1, -0.05) is 0 Å². The maximum atomic E-state index is 12.0. The van der Waals surface area contributed by atoms with Gasteiger partial charge in [-0.25, -0.2) is 4.98 Å². The van der Waals surface area contributed by atoms with Gasteiger partial charge in [0.05, 0.1) is 10.7 Å². The van der Waals surface area contributed by atoms with Crippen molar-refractivity contribution >= 4 is 23.2 Å². The van der Waals surface area contributed by atoms with Gasteiger partial charge in [0.1, 0.15) is 0 Å². The summed E-state index contributed by atoms with van der Waals surface area (Å²) >= 11 is 1.65. The van der Waals surface area contributed by atoms with Gasteiger partial charge in [-0.2, -0.15) is 0 Å². The van der Waals surface area contributed by atoms with Gasteiger partial charge in [-0.3, -0.25) is 9.59 Å². The third-order valence-electron chi connectivity index (χ3n) is 3.07. The van der Waals surface area contributed by atoms with Gasteiger partial charge in [0.15, 0.2) is 0 Å². The zero-order valence-electron chi connectivity index (χ0n) is 12.0. The van der Waals surface area contributed by atoms with Crippen molar-refractivity contribution in [2.75, 3.05) is 6.54 Å². The minimum Gasteiger partial charge on any atom is -0.366 e. The molecule has 21 heavy (non-hydrogen) atoms. The van der Waals surface area contributed by atoms with Crippen LogP contribution in [0.15, 0.2) is 24.3 Å². The molecule has 1 aromatic carbocycles. The number of nitrogens with zero attached hydrogens (tertiary/aromatic N) is 1. The lowest BCUT2D eigenvalue weighted by Crippen LogP contribution is -2.25. The standard InChI is InChI=1S/C15H17N3O2S/c1-9-13(21-10(2)18-9)7-8-17-15(20)12-5-3-11(4-6-12)14(16)19/h3-6H,7-8H2,1-2H3,(H2,16,19)(H,17,20). The molecule has 1 heterocycles. The first-order chi connectivity index (χ1) is 9.97. The van der Waals surface area contributed by atoms with Crippen molar-refractivity contribution in [2.45, 2.75) is 20.3 Å². The van der Waals surface area contributed by atoms with Gasteiger partial charge in [-0.15, -0.1) is 11.3 Å². The van der Waals surface area contributed by atoms with Crippen molar-refractivity contribution in [3.8, 4) is 0 Å². The molecular weight excluding hydrogens is 286 g/mol. The highest BCUT2D eigenvalue weighted by molar-refractivity contribution is 7.11. The van der Waals surface area contributed by atoms with Crippen LogP contribution in [0.5, 0.6) is 0 Å². The molecular formula is C15H17N3O2S. The SMILES string of the molecule is Cc1nc(C)c(CCNC(=O)c2ccc(C(N)=O)cc2)s1. The molecule has 0 aliphatic heterocycles. The Bertz CT molecular complexity index is 662.